The lowest BCUT2D eigenvalue weighted by Crippen LogP contribution is -2.14. The van der Waals surface area contributed by atoms with Crippen molar-refractivity contribution in [1.29, 1.82) is 0 Å². The van der Waals surface area contributed by atoms with E-state index in [1.807, 2.05) is 6.92 Å². The Kier molecular flexibility index (Phi) is 4.27. The van der Waals surface area contributed by atoms with E-state index in [9.17, 15) is 0 Å². The summed E-state index contributed by atoms with van der Waals surface area (Å²) < 4.78 is 5.62. The fraction of sp³-hybridized carbons (Fsp3) is 0.269. The van der Waals surface area contributed by atoms with Gasteiger partial charge in [-0.15, -0.1) is 0 Å². The van der Waals surface area contributed by atoms with Gasteiger partial charge >= 0.3 is 0 Å². The summed E-state index contributed by atoms with van der Waals surface area (Å²) in [5.74, 6) is 1.63. The minimum atomic E-state index is 0.688. The molecule has 0 bridgehead atoms. The van der Waals surface area contributed by atoms with Gasteiger partial charge < -0.3 is 4.74 Å². The highest BCUT2D eigenvalue weighted by atomic mass is 16.5. The fourth-order valence-electron chi connectivity index (χ4n) is 4.60. The van der Waals surface area contributed by atoms with Crippen molar-refractivity contribution in [3.8, 4) is 17.0 Å². The third-order valence-corrected chi connectivity index (χ3v) is 5.97. The van der Waals surface area contributed by atoms with Gasteiger partial charge in [-0.2, -0.15) is 0 Å². The van der Waals surface area contributed by atoms with E-state index in [2.05, 4.69) is 67.6 Å². The van der Waals surface area contributed by atoms with Crippen LogP contribution in [0.3, 0.4) is 0 Å². The highest BCUT2D eigenvalue weighted by Crippen LogP contribution is 2.39. The quantitative estimate of drug-likeness (QED) is 0.382. The minimum absolute atomic E-state index is 0.688. The molecular weight excluding hydrogens is 342 g/mol. The standard InChI is InChI=1S/C26H25NO/c1-3-28-20-12-9-19(10-13-20)26-22-14-8-17(2)16-23(22)25-21-7-5-4-6-18(21)11-15-24(25)27-26/h4-7,9-13,15,17H,3,8,14,16H2,1-2H3/t17-/m0/s1. The second kappa shape index (κ2) is 6.94. The van der Waals surface area contributed by atoms with Crippen molar-refractivity contribution in [3.05, 3.63) is 71.8 Å². The fourth-order valence-corrected chi connectivity index (χ4v) is 4.60. The van der Waals surface area contributed by atoms with Gasteiger partial charge in [0, 0.05) is 10.9 Å². The number of rotatable bonds is 3. The molecule has 28 heavy (non-hydrogen) atoms. The minimum Gasteiger partial charge on any atom is -0.494 e. The molecule has 1 heterocycles. The maximum absolute atomic E-state index is 5.62. The summed E-state index contributed by atoms with van der Waals surface area (Å²) in [6.45, 7) is 5.07. The first-order valence-electron chi connectivity index (χ1n) is 10.3. The molecule has 2 heteroatoms. The molecule has 0 N–H and O–H groups in total. The van der Waals surface area contributed by atoms with E-state index in [4.69, 9.17) is 9.72 Å². The van der Waals surface area contributed by atoms with Gasteiger partial charge in [-0.3, -0.25) is 0 Å². The Labute approximate surface area is 166 Å². The first-order chi connectivity index (χ1) is 13.7. The van der Waals surface area contributed by atoms with Crippen LogP contribution in [0.5, 0.6) is 5.75 Å². The van der Waals surface area contributed by atoms with Crippen molar-refractivity contribution in [2.24, 2.45) is 5.92 Å². The third kappa shape index (κ3) is 2.84. The van der Waals surface area contributed by atoms with Gasteiger partial charge in [-0.05, 0) is 84.3 Å². The van der Waals surface area contributed by atoms with Crippen molar-refractivity contribution in [2.75, 3.05) is 6.61 Å². The molecule has 140 valence electrons. The lowest BCUT2D eigenvalue weighted by atomic mass is 9.80. The Morgan fingerprint density at radius 3 is 2.61 bits per heavy atom. The van der Waals surface area contributed by atoms with Crippen LogP contribution in [0.25, 0.3) is 32.9 Å². The Morgan fingerprint density at radius 2 is 1.79 bits per heavy atom. The van der Waals surface area contributed by atoms with E-state index in [0.717, 1.165) is 29.8 Å². The molecule has 1 aromatic heterocycles. The van der Waals surface area contributed by atoms with Crippen LogP contribution in [0.15, 0.2) is 60.7 Å². The summed E-state index contributed by atoms with van der Waals surface area (Å²) in [7, 11) is 0. The number of hydrogen-bond donors (Lipinski definition) is 0. The average molecular weight is 367 g/mol. The van der Waals surface area contributed by atoms with Crippen LogP contribution in [0.1, 0.15) is 31.4 Å². The van der Waals surface area contributed by atoms with Crippen LogP contribution in [0.2, 0.25) is 0 Å². The first-order valence-corrected chi connectivity index (χ1v) is 10.3. The summed E-state index contributed by atoms with van der Waals surface area (Å²) in [5.41, 5.74) is 6.38. The third-order valence-electron chi connectivity index (χ3n) is 5.97. The maximum Gasteiger partial charge on any atom is 0.119 e. The second-order valence-corrected chi connectivity index (χ2v) is 7.90. The van der Waals surface area contributed by atoms with Crippen LogP contribution in [0, 0.1) is 5.92 Å². The molecule has 0 fully saturated rings. The Balaban J connectivity index is 1.78. The van der Waals surface area contributed by atoms with Crippen LogP contribution >= 0.6 is 0 Å². The molecule has 0 amide bonds. The maximum atomic E-state index is 5.62. The average Bonchev–Trinajstić information content (AvgIpc) is 2.73. The van der Waals surface area contributed by atoms with Crippen molar-refractivity contribution >= 4 is 21.7 Å². The molecule has 0 aliphatic heterocycles. The van der Waals surface area contributed by atoms with Crippen LogP contribution < -0.4 is 4.74 Å². The zero-order chi connectivity index (χ0) is 19.1. The summed E-state index contributed by atoms with van der Waals surface area (Å²) in [5, 5.41) is 3.98. The molecular formula is C26H25NO. The van der Waals surface area contributed by atoms with Gasteiger partial charge in [-0.25, -0.2) is 4.98 Å². The van der Waals surface area contributed by atoms with E-state index in [0.29, 0.717) is 12.5 Å². The van der Waals surface area contributed by atoms with Gasteiger partial charge in [0.1, 0.15) is 5.75 Å². The van der Waals surface area contributed by atoms with Gasteiger partial charge in [0.25, 0.3) is 0 Å². The molecule has 0 radical (unpaired) electrons. The Morgan fingerprint density at radius 1 is 0.964 bits per heavy atom. The number of aromatic nitrogens is 1. The van der Waals surface area contributed by atoms with Gasteiger partial charge in [0.15, 0.2) is 0 Å². The molecule has 1 aliphatic rings. The molecule has 0 unspecified atom stereocenters. The van der Waals surface area contributed by atoms with Gasteiger partial charge in [-0.1, -0.05) is 37.3 Å². The predicted octanol–water partition coefficient (Wildman–Crippen LogP) is 6.58. The predicted molar refractivity (Wildman–Crippen MR) is 117 cm³/mol. The number of fused-ring (bicyclic) bond motifs is 5. The molecule has 0 saturated carbocycles. The largest absolute Gasteiger partial charge is 0.494 e. The normalized spacial score (nSPS) is 16.3. The smallest absolute Gasteiger partial charge is 0.119 e. The van der Waals surface area contributed by atoms with E-state index >= 15 is 0 Å². The van der Waals surface area contributed by atoms with Crippen molar-refractivity contribution in [3.63, 3.8) is 0 Å². The molecule has 5 rings (SSSR count). The highest BCUT2D eigenvalue weighted by molar-refractivity contribution is 6.09. The van der Waals surface area contributed by atoms with E-state index in [1.165, 1.54) is 39.3 Å². The lowest BCUT2D eigenvalue weighted by molar-refractivity contribution is 0.340. The number of pyridine rings is 1. The monoisotopic (exact) mass is 367 g/mol. The molecule has 2 nitrogen and oxygen atoms in total. The Hall–Kier alpha value is -2.87. The second-order valence-electron chi connectivity index (χ2n) is 7.90. The molecule has 1 aliphatic carbocycles. The molecule has 0 saturated heterocycles. The number of benzene rings is 3. The van der Waals surface area contributed by atoms with Crippen molar-refractivity contribution in [1.82, 2.24) is 4.98 Å². The molecule has 4 aromatic rings. The summed E-state index contributed by atoms with van der Waals surface area (Å²) >= 11 is 0. The zero-order valence-electron chi connectivity index (χ0n) is 16.5. The zero-order valence-corrected chi connectivity index (χ0v) is 16.5. The molecule has 3 aromatic carbocycles. The Bertz CT molecular complexity index is 1160. The van der Waals surface area contributed by atoms with E-state index < -0.39 is 0 Å². The highest BCUT2D eigenvalue weighted by Gasteiger charge is 2.23. The number of ether oxygens (including phenoxy) is 1. The summed E-state index contributed by atoms with van der Waals surface area (Å²) in [6, 6.07) is 21.5. The lowest BCUT2D eigenvalue weighted by Gasteiger charge is -2.26. The number of nitrogens with zero attached hydrogens (tertiary/aromatic N) is 1. The SMILES string of the molecule is CCOc1ccc(-c2nc3ccc4ccccc4c3c3c2CC[C@H](C)C3)cc1. The van der Waals surface area contributed by atoms with E-state index in [1.54, 1.807) is 0 Å². The van der Waals surface area contributed by atoms with Crippen molar-refractivity contribution < 1.29 is 4.74 Å². The van der Waals surface area contributed by atoms with Crippen LogP contribution in [0.4, 0.5) is 0 Å². The molecule has 1 atom stereocenters. The van der Waals surface area contributed by atoms with E-state index in [-0.39, 0.29) is 0 Å². The first kappa shape index (κ1) is 17.2. The van der Waals surface area contributed by atoms with Gasteiger partial charge in [0.2, 0.25) is 0 Å². The van der Waals surface area contributed by atoms with Crippen LogP contribution in [-0.2, 0) is 12.8 Å². The van der Waals surface area contributed by atoms with Crippen LogP contribution in [-0.4, -0.2) is 11.6 Å². The summed E-state index contributed by atoms with van der Waals surface area (Å²) in [6.07, 6.45) is 3.46. The number of hydrogen-bond acceptors (Lipinski definition) is 2. The molecule has 0 spiro atoms. The van der Waals surface area contributed by atoms with Crippen molar-refractivity contribution in [2.45, 2.75) is 33.1 Å². The summed E-state index contributed by atoms with van der Waals surface area (Å²) in [4.78, 5) is 5.17. The topological polar surface area (TPSA) is 22.1 Å². The van der Waals surface area contributed by atoms with Gasteiger partial charge in [0.05, 0.1) is 17.8 Å².